The average molecular weight is 281 g/mol. The molecule has 0 aliphatic rings. The molecule has 0 saturated heterocycles. The lowest BCUT2D eigenvalue weighted by Gasteiger charge is -2.07. The quantitative estimate of drug-likeness (QED) is 0.784. The highest BCUT2D eigenvalue weighted by Crippen LogP contribution is 2.16. The van der Waals surface area contributed by atoms with Gasteiger partial charge >= 0.3 is 0 Å². The van der Waals surface area contributed by atoms with Crippen molar-refractivity contribution in [2.24, 2.45) is 0 Å². The van der Waals surface area contributed by atoms with E-state index in [-0.39, 0.29) is 11.4 Å². The molecule has 1 N–H and O–H groups in total. The molecule has 0 saturated carbocycles. The Bertz CT molecular complexity index is 833. The number of fused-ring (bicyclic) bond motifs is 1. The lowest BCUT2D eigenvalue weighted by Crippen LogP contribution is -2.15. The van der Waals surface area contributed by atoms with Gasteiger partial charge in [0.15, 0.2) is 0 Å². The minimum absolute atomic E-state index is 0.126. The highest BCUT2D eigenvalue weighted by atomic mass is 19.1. The third kappa shape index (κ3) is 2.72. The van der Waals surface area contributed by atoms with Crippen LogP contribution in [0.3, 0.4) is 0 Å². The van der Waals surface area contributed by atoms with E-state index >= 15 is 0 Å². The molecule has 3 rings (SSSR count). The highest BCUT2D eigenvalue weighted by Gasteiger charge is 2.11. The van der Waals surface area contributed by atoms with Gasteiger partial charge in [0.2, 0.25) is 0 Å². The number of hydrogen-bond acceptors (Lipinski definition) is 3. The molecule has 104 valence electrons. The number of nitrogens with zero attached hydrogens (tertiary/aromatic N) is 2. The number of hydrogen-bond donors (Lipinski definition) is 1. The van der Waals surface area contributed by atoms with Gasteiger partial charge in [-0.15, -0.1) is 0 Å². The van der Waals surface area contributed by atoms with Crippen molar-refractivity contribution in [3.63, 3.8) is 0 Å². The minimum atomic E-state index is -0.490. The number of nitrogens with one attached hydrogen (secondary N) is 1. The van der Waals surface area contributed by atoms with Gasteiger partial charge in [-0.3, -0.25) is 9.78 Å². The summed E-state index contributed by atoms with van der Waals surface area (Å²) in [6.07, 6.45) is 1.38. The fourth-order valence-electron chi connectivity index (χ4n) is 1.97. The van der Waals surface area contributed by atoms with Crippen molar-refractivity contribution < 1.29 is 9.18 Å². The number of anilines is 1. The van der Waals surface area contributed by atoms with Crippen LogP contribution in [0.25, 0.3) is 11.0 Å². The van der Waals surface area contributed by atoms with E-state index in [1.165, 1.54) is 18.3 Å². The minimum Gasteiger partial charge on any atom is -0.318 e. The molecule has 1 heterocycles. The average Bonchev–Trinajstić information content (AvgIpc) is 2.49. The summed E-state index contributed by atoms with van der Waals surface area (Å²) < 4.78 is 13.7. The standard InChI is InChI=1S/C16H12FN3O/c1-10-6-7-12(11(17)8-10)20-16(21)15-9-18-13-4-2-3-5-14(13)19-15/h2-9H,1H3,(H,20,21). The third-order valence-electron chi connectivity index (χ3n) is 3.05. The van der Waals surface area contributed by atoms with Gasteiger partial charge in [0.1, 0.15) is 11.5 Å². The molecule has 0 fully saturated rings. The number of para-hydroxylation sites is 2. The van der Waals surface area contributed by atoms with Crippen molar-refractivity contribution in [2.75, 3.05) is 5.32 Å². The third-order valence-corrected chi connectivity index (χ3v) is 3.05. The largest absolute Gasteiger partial charge is 0.318 e. The van der Waals surface area contributed by atoms with Crippen LogP contribution in [0.15, 0.2) is 48.7 Å². The summed E-state index contributed by atoms with van der Waals surface area (Å²) in [7, 11) is 0. The van der Waals surface area contributed by atoms with E-state index < -0.39 is 11.7 Å². The van der Waals surface area contributed by atoms with E-state index in [1.54, 1.807) is 19.1 Å². The van der Waals surface area contributed by atoms with E-state index in [2.05, 4.69) is 15.3 Å². The molecule has 2 aromatic carbocycles. The molecule has 0 bridgehead atoms. The molecule has 0 aliphatic heterocycles. The Morgan fingerprint density at radius 3 is 2.67 bits per heavy atom. The summed E-state index contributed by atoms with van der Waals surface area (Å²) in [6.45, 7) is 1.78. The van der Waals surface area contributed by atoms with E-state index in [1.807, 2.05) is 18.2 Å². The van der Waals surface area contributed by atoms with Gasteiger partial charge in [-0.1, -0.05) is 18.2 Å². The SMILES string of the molecule is Cc1ccc(NC(=O)c2cnc3ccccc3n2)c(F)c1. The molecule has 5 heteroatoms. The summed E-state index contributed by atoms with van der Waals surface area (Å²) in [5.41, 5.74) is 2.38. The fourth-order valence-corrected chi connectivity index (χ4v) is 1.97. The number of halogens is 1. The molecule has 1 aromatic heterocycles. The summed E-state index contributed by atoms with van der Waals surface area (Å²) in [4.78, 5) is 20.5. The van der Waals surface area contributed by atoms with Crippen molar-refractivity contribution in [1.82, 2.24) is 9.97 Å². The molecule has 0 aliphatic carbocycles. The monoisotopic (exact) mass is 281 g/mol. The highest BCUT2D eigenvalue weighted by molar-refractivity contribution is 6.03. The maximum Gasteiger partial charge on any atom is 0.275 e. The molecular formula is C16H12FN3O. The second-order valence-corrected chi connectivity index (χ2v) is 4.68. The first-order valence-electron chi connectivity index (χ1n) is 6.43. The Morgan fingerprint density at radius 1 is 1.14 bits per heavy atom. The summed E-state index contributed by atoms with van der Waals surface area (Å²) >= 11 is 0. The predicted molar refractivity (Wildman–Crippen MR) is 78.6 cm³/mol. The fraction of sp³-hybridized carbons (Fsp3) is 0.0625. The van der Waals surface area contributed by atoms with Crippen LogP contribution >= 0.6 is 0 Å². The maximum atomic E-state index is 13.7. The van der Waals surface area contributed by atoms with Crippen molar-refractivity contribution in [1.29, 1.82) is 0 Å². The summed E-state index contributed by atoms with van der Waals surface area (Å²) in [5, 5.41) is 2.50. The Labute approximate surface area is 120 Å². The van der Waals surface area contributed by atoms with E-state index in [9.17, 15) is 9.18 Å². The summed E-state index contributed by atoms with van der Waals surface area (Å²) in [6, 6.07) is 11.9. The van der Waals surface area contributed by atoms with E-state index in [4.69, 9.17) is 0 Å². The van der Waals surface area contributed by atoms with Crippen molar-refractivity contribution in [2.45, 2.75) is 6.92 Å². The molecule has 3 aromatic rings. The number of aryl methyl sites for hydroxylation is 1. The van der Waals surface area contributed by atoms with E-state index in [0.29, 0.717) is 11.0 Å². The van der Waals surface area contributed by atoms with Crippen LogP contribution in [0.4, 0.5) is 10.1 Å². The zero-order valence-corrected chi connectivity index (χ0v) is 11.3. The molecule has 1 amide bonds. The molecule has 0 radical (unpaired) electrons. The number of carbonyl (C=O) groups excluding carboxylic acids is 1. The van der Waals surface area contributed by atoms with Crippen LogP contribution in [0.2, 0.25) is 0 Å². The maximum absolute atomic E-state index is 13.7. The molecule has 21 heavy (non-hydrogen) atoms. The number of carbonyl (C=O) groups is 1. The molecule has 0 atom stereocenters. The molecule has 0 unspecified atom stereocenters. The smallest absolute Gasteiger partial charge is 0.275 e. The number of aromatic nitrogens is 2. The van der Waals surface area contributed by atoms with Gasteiger partial charge in [-0.05, 0) is 36.8 Å². The Balaban J connectivity index is 1.89. The summed E-state index contributed by atoms with van der Waals surface area (Å²) in [5.74, 6) is -0.965. The zero-order chi connectivity index (χ0) is 14.8. The van der Waals surface area contributed by atoms with Crippen molar-refractivity contribution in [3.8, 4) is 0 Å². The van der Waals surface area contributed by atoms with Crippen LogP contribution < -0.4 is 5.32 Å². The topological polar surface area (TPSA) is 54.9 Å². The number of amides is 1. The van der Waals surface area contributed by atoms with Gasteiger partial charge in [-0.25, -0.2) is 9.37 Å². The van der Waals surface area contributed by atoms with Crippen LogP contribution in [-0.2, 0) is 0 Å². The number of benzene rings is 2. The van der Waals surface area contributed by atoms with Gasteiger partial charge < -0.3 is 5.32 Å². The molecule has 0 spiro atoms. The van der Waals surface area contributed by atoms with E-state index in [0.717, 1.165) is 5.56 Å². The first kappa shape index (κ1) is 13.2. The van der Waals surface area contributed by atoms with Gasteiger partial charge in [-0.2, -0.15) is 0 Å². The van der Waals surface area contributed by atoms with Gasteiger partial charge in [0, 0.05) is 0 Å². The van der Waals surface area contributed by atoms with Gasteiger partial charge in [0.05, 0.1) is 22.9 Å². The van der Waals surface area contributed by atoms with Crippen molar-refractivity contribution in [3.05, 3.63) is 65.7 Å². The normalized spacial score (nSPS) is 10.6. The Hall–Kier alpha value is -2.82. The van der Waals surface area contributed by atoms with Crippen LogP contribution in [0.5, 0.6) is 0 Å². The zero-order valence-electron chi connectivity index (χ0n) is 11.3. The lowest BCUT2D eigenvalue weighted by molar-refractivity contribution is 0.102. The van der Waals surface area contributed by atoms with Crippen LogP contribution in [0.1, 0.15) is 16.1 Å². The van der Waals surface area contributed by atoms with Crippen LogP contribution in [-0.4, -0.2) is 15.9 Å². The Kier molecular flexibility index (Phi) is 3.31. The van der Waals surface area contributed by atoms with Gasteiger partial charge in [0.25, 0.3) is 5.91 Å². The number of rotatable bonds is 2. The van der Waals surface area contributed by atoms with Crippen molar-refractivity contribution >= 4 is 22.6 Å². The lowest BCUT2D eigenvalue weighted by atomic mass is 10.2. The first-order valence-corrected chi connectivity index (χ1v) is 6.43. The van der Waals surface area contributed by atoms with Crippen LogP contribution in [0, 0.1) is 12.7 Å². The molecular weight excluding hydrogens is 269 g/mol. The second-order valence-electron chi connectivity index (χ2n) is 4.68. The molecule has 4 nitrogen and oxygen atoms in total. The Morgan fingerprint density at radius 2 is 1.90 bits per heavy atom. The second kappa shape index (κ2) is 5.28. The first-order chi connectivity index (χ1) is 10.1. The predicted octanol–water partition coefficient (Wildman–Crippen LogP) is 3.33.